The van der Waals surface area contributed by atoms with Crippen LogP contribution in [0.4, 0.5) is 5.69 Å². The summed E-state index contributed by atoms with van der Waals surface area (Å²) in [6, 6.07) is 12.4. The molecule has 6 heteroatoms. The van der Waals surface area contributed by atoms with E-state index in [9.17, 15) is 14.7 Å². The van der Waals surface area contributed by atoms with Gasteiger partial charge in [0.05, 0.1) is 12.2 Å². The van der Waals surface area contributed by atoms with Crippen molar-refractivity contribution in [3.63, 3.8) is 0 Å². The smallest absolute Gasteiger partial charge is 0.337 e. The standard InChI is InChI=1S/C24H28N2O4/c1-14(2)13-30-22-12-19-18(10-15(3)11-20(19)23(27)26(22)5)16(4)25-21-9-7-6-8-17(21)24(28)29/h6-12,14,16,25H,13H2,1-5H3,(H,28,29)/t16-/m1/s1. The fourth-order valence-electron chi connectivity index (χ4n) is 3.52. The molecule has 0 saturated carbocycles. The van der Waals surface area contributed by atoms with Gasteiger partial charge in [0.25, 0.3) is 5.56 Å². The van der Waals surface area contributed by atoms with Gasteiger partial charge in [0.15, 0.2) is 5.88 Å². The molecule has 3 rings (SSSR count). The molecule has 30 heavy (non-hydrogen) atoms. The van der Waals surface area contributed by atoms with E-state index in [1.807, 2.05) is 32.0 Å². The zero-order valence-corrected chi connectivity index (χ0v) is 18.0. The number of rotatable bonds is 7. The zero-order chi connectivity index (χ0) is 22.0. The van der Waals surface area contributed by atoms with Crippen LogP contribution in [0.25, 0.3) is 10.8 Å². The average Bonchev–Trinajstić information content (AvgIpc) is 2.69. The van der Waals surface area contributed by atoms with E-state index in [1.54, 1.807) is 31.3 Å². The van der Waals surface area contributed by atoms with Crippen LogP contribution in [0.2, 0.25) is 0 Å². The maximum absolute atomic E-state index is 13.0. The van der Waals surface area contributed by atoms with E-state index >= 15 is 0 Å². The quantitative estimate of drug-likeness (QED) is 0.589. The van der Waals surface area contributed by atoms with Crippen LogP contribution >= 0.6 is 0 Å². The highest BCUT2D eigenvalue weighted by Crippen LogP contribution is 2.30. The molecule has 158 valence electrons. The van der Waals surface area contributed by atoms with Gasteiger partial charge in [0, 0.05) is 30.2 Å². The molecule has 1 aromatic heterocycles. The largest absolute Gasteiger partial charge is 0.478 e. The second-order valence-corrected chi connectivity index (χ2v) is 8.08. The zero-order valence-electron chi connectivity index (χ0n) is 18.0. The Hall–Kier alpha value is -3.28. The molecule has 0 aliphatic rings. The Balaban J connectivity index is 2.11. The van der Waals surface area contributed by atoms with Gasteiger partial charge in [-0.1, -0.05) is 32.0 Å². The predicted molar refractivity (Wildman–Crippen MR) is 120 cm³/mol. The van der Waals surface area contributed by atoms with Crippen LogP contribution in [0.1, 0.15) is 48.3 Å². The van der Waals surface area contributed by atoms with Gasteiger partial charge < -0.3 is 15.2 Å². The van der Waals surface area contributed by atoms with Crippen molar-refractivity contribution < 1.29 is 14.6 Å². The number of fused-ring (bicyclic) bond motifs is 1. The molecule has 0 radical (unpaired) electrons. The summed E-state index contributed by atoms with van der Waals surface area (Å²) < 4.78 is 7.42. The Morgan fingerprint density at radius 3 is 2.50 bits per heavy atom. The number of aromatic nitrogens is 1. The van der Waals surface area contributed by atoms with Gasteiger partial charge in [0.1, 0.15) is 0 Å². The second-order valence-electron chi connectivity index (χ2n) is 8.08. The highest BCUT2D eigenvalue weighted by molar-refractivity contribution is 5.94. The number of aryl methyl sites for hydroxylation is 1. The topological polar surface area (TPSA) is 80.6 Å². The van der Waals surface area contributed by atoms with Crippen molar-refractivity contribution >= 4 is 22.4 Å². The molecule has 0 aliphatic heterocycles. The van der Waals surface area contributed by atoms with E-state index in [-0.39, 0.29) is 17.2 Å². The predicted octanol–water partition coefficient (Wildman–Crippen LogP) is 4.75. The molecule has 0 unspecified atom stereocenters. The van der Waals surface area contributed by atoms with Crippen LogP contribution in [0, 0.1) is 12.8 Å². The van der Waals surface area contributed by atoms with Crippen molar-refractivity contribution in [3.05, 3.63) is 69.5 Å². The first-order valence-electron chi connectivity index (χ1n) is 10.0. The van der Waals surface area contributed by atoms with Crippen molar-refractivity contribution in [1.29, 1.82) is 0 Å². The molecule has 2 aromatic carbocycles. The van der Waals surface area contributed by atoms with E-state index in [0.717, 1.165) is 16.5 Å². The fraction of sp³-hybridized carbons (Fsp3) is 0.333. The number of pyridine rings is 1. The lowest BCUT2D eigenvalue weighted by Crippen LogP contribution is -2.21. The first kappa shape index (κ1) is 21.4. The average molecular weight is 408 g/mol. The normalized spacial score (nSPS) is 12.2. The summed E-state index contributed by atoms with van der Waals surface area (Å²) in [5.74, 6) is -0.136. The molecular formula is C24H28N2O4. The minimum atomic E-state index is -0.988. The summed E-state index contributed by atoms with van der Waals surface area (Å²) in [6.45, 7) is 8.53. The SMILES string of the molecule is Cc1cc([C@@H](C)Nc2ccccc2C(=O)O)c2cc(OCC(C)C)n(C)c(=O)c2c1. The van der Waals surface area contributed by atoms with Crippen molar-refractivity contribution in [3.8, 4) is 5.88 Å². The lowest BCUT2D eigenvalue weighted by atomic mass is 9.97. The number of nitrogens with one attached hydrogen (secondary N) is 1. The first-order valence-corrected chi connectivity index (χ1v) is 10.0. The molecule has 0 amide bonds. The Bertz CT molecular complexity index is 1150. The molecule has 0 aliphatic carbocycles. The van der Waals surface area contributed by atoms with Crippen LogP contribution in [0.5, 0.6) is 5.88 Å². The molecular weight excluding hydrogens is 380 g/mol. The number of aromatic carboxylic acids is 1. The summed E-state index contributed by atoms with van der Waals surface area (Å²) in [6.07, 6.45) is 0. The number of para-hydroxylation sites is 1. The van der Waals surface area contributed by atoms with Gasteiger partial charge in [0.2, 0.25) is 0 Å². The van der Waals surface area contributed by atoms with Crippen molar-refractivity contribution in [1.82, 2.24) is 4.57 Å². The van der Waals surface area contributed by atoms with Gasteiger partial charge in [-0.25, -0.2) is 4.79 Å². The van der Waals surface area contributed by atoms with E-state index < -0.39 is 5.97 Å². The minimum absolute atomic E-state index is 0.116. The number of anilines is 1. The van der Waals surface area contributed by atoms with E-state index in [1.165, 1.54) is 4.57 Å². The first-order chi connectivity index (χ1) is 14.2. The second kappa shape index (κ2) is 8.61. The van der Waals surface area contributed by atoms with Crippen LogP contribution in [0.3, 0.4) is 0 Å². The summed E-state index contributed by atoms with van der Waals surface area (Å²) in [5.41, 5.74) is 2.50. The summed E-state index contributed by atoms with van der Waals surface area (Å²) in [5, 5.41) is 14.2. The van der Waals surface area contributed by atoms with Gasteiger partial charge in [-0.3, -0.25) is 9.36 Å². The van der Waals surface area contributed by atoms with Crippen molar-refractivity contribution in [2.75, 3.05) is 11.9 Å². The maximum atomic E-state index is 13.0. The van der Waals surface area contributed by atoms with Crippen molar-refractivity contribution in [2.24, 2.45) is 13.0 Å². The number of nitrogens with zero attached hydrogens (tertiary/aromatic N) is 1. The lowest BCUT2D eigenvalue weighted by Gasteiger charge is -2.21. The Kier molecular flexibility index (Phi) is 6.15. The molecule has 0 spiro atoms. The molecule has 6 nitrogen and oxygen atoms in total. The number of carbonyl (C=O) groups is 1. The number of carboxylic acid groups (broad SMARTS) is 1. The third kappa shape index (κ3) is 4.32. The molecule has 1 heterocycles. The van der Waals surface area contributed by atoms with E-state index in [2.05, 4.69) is 19.2 Å². The number of carboxylic acids is 1. The summed E-state index contributed by atoms with van der Waals surface area (Å²) in [4.78, 5) is 24.6. The highest BCUT2D eigenvalue weighted by atomic mass is 16.5. The van der Waals surface area contributed by atoms with Gasteiger partial charge in [-0.15, -0.1) is 0 Å². The summed E-state index contributed by atoms with van der Waals surface area (Å²) in [7, 11) is 1.71. The molecule has 0 fully saturated rings. The molecule has 0 bridgehead atoms. The van der Waals surface area contributed by atoms with Gasteiger partial charge >= 0.3 is 5.97 Å². The summed E-state index contributed by atoms with van der Waals surface area (Å²) >= 11 is 0. The number of hydrogen-bond donors (Lipinski definition) is 2. The van der Waals surface area contributed by atoms with Crippen LogP contribution in [0.15, 0.2) is 47.3 Å². The van der Waals surface area contributed by atoms with Crippen molar-refractivity contribution in [2.45, 2.75) is 33.7 Å². The minimum Gasteiger partial charge on any atom is -0.478 e. The van der Waals surface area contributed by atoms with E-state index in [4.69, 9.17) is 4.74 Å². The highest BCUT2D eigenvalue weighted by Gasteiger charge is 2.18. The van der Waals surface area contributed by atoms with Gasteiger partial charge in [-0.2, -0.15) is 0 Å². The Morgan fingerprint density at radius 1 is 1.13 bits per heavy atom. The van der Waals surface area contributed by atoms with Crippen LogP contribution in [-0.4, -0.2) is 22.2 Å². The van der Waals surface area contributed by atoms with Crippen LogP contribution in [-0.2, 0) is 7.05 Å². The van der Waals surface area contributed by atoms with Gasteiger partial charge in [-0.05, 0) is 54.5 Å². The molecule has 2 N–H and O–H groups in total. The molecule has 0 saturated heterocycles. The monoisotopic (exact) mass is 408 g/mol. The van der Waals surface area contributed by atoms with E-state index in [0.29, 0.717) is 29.5 Å². The Labute approximate surface area is 176 Å². The number of ether oxygens (including phenoxy) is 1. The molecule has 1 atom stereocenters. The van der Waals surface area contributed by atoms with Crippen LogP contribution < -0.4 is 15.6 Å². The molecule has 3 aromatic rings. The number of hydrogen-bond acceptors (Lipinski definition) is 4. The number of benzene rings is 2. The third-order valence-electron chi connectivity index (χ3n) is 5.05. The lowest BCUT2D eigenvalue weighted by molar-refractivity contribution is 0.0698. The fourth-order valence-corrected chi connectivity index (χ4v) is 3.52. The Morgan fingerprint density at radius 2 is 1.83 bits per heavy atom. The maximum Gasteiger partial charge on any atom is 0.337 e. The third-order valence-corrected chi connectivity index (χ3v) is 5.05.